The Morgan fingerprint density at radius 1 is 1.20 bits per heavy atom. The molecule has 3 rings (SSSR count). The van der Waals surface area contributed by atoms with Crippen LogP contribution in [-0.4, -0.2) is 19.3 Å². The van der Waals surface area contributed by atoms with Crippen molar-refractivity contribution in [1.82, 2.24) is 19.3 Å². The quantitative estimate of drug-likeness (QED) is 0.647. The number of aromatic nitrogens is 5. The van der Waals surface area contributed by atoms with E-state index in [4.69, 9.17) is 4.52 Å². The number of nitrogens with zero attached hydrogens (tertiary/aromatic N) is 5. The Bertz CT molecular complexity index is 836. The van der Waals surface area contributed by atoms with Gasteiger partial charge in [-0.05, 0) is 6.92 Å². The van der Waals surface area contributed by atoms with Crippen molar-refractivity contribution in [3.05, 3.63) is 53.5 Å². The van der Waals surface area contributed by atoms with E-state index in [-0.39, 0.29) is 0 Å². The van der Waals surface area contributed by atoms with Gasteiger partial charge >= 0.3 is 0 Å². The van der Waals surface area contributed by atoms with E-state index in [0.29, 0.717) is 11.8 Å². The molecule has 0 amide bonds. The van der Waals surface area contributed by atoms with Gasteiger partial charge in [-0.15, -0.1) is 0 Å². The summed E-state index contributed by atoms with van der Waals surface area (Å²) in [6.07, 6.45) is 7.00. The van der Waals surface area contributed by atoms with Crippen LogP contribution in [0.25, 0.3) is 0 Å². The summed E-state index contributed by atoms with van der Waals surface area (Å²) in [7, 11) is 4.14. The topological polar surface area (TPSA) is 52.7 Å². The highest BCUT2D eigenvalue weighted by Crippen LogP contribution is 2.19. The largest absolute Gasteiger partial charge is 0.361 e. The first-order valence-electron chi connectivity index (χ1n) is 8.82. The van der Waals surface area contributed by atoms with Crippen LogP contribution in [0, 0.1) is 6.92 Å². The molecule has 0 bridgehead atoms. The van der Waals surface area contributed by atoms with Crippen molar-refractivity contribution in [3.63, 3.8) is 0 Å². The molecule has 0 aliphatic carbocycles. The third kappa shape index (κ3) is 3.67. The van der Waals surface area contributed by atoms with E-state index in [2.05, 4.69) is 84.2 Å². The van der Waals surface area contributed by atoms with Crippen LogP contribution in [-0.2, 0) is 27.1 Å². The van der Waals surface area contributed by atoms with Gasteiger partial charge in [0.15, 0.2) is 0 Å². The van der Waals surface area contributed by atoms with Crippen LogP contribution >= 0.6 is 0 Å². The summed E-state index contributed by atoms with van der Waals surface area (Å²) in [4.78, 5) is 4.40. The molecular weight excluding hydrogens is 314 g/mol. The van der Waals surface area contributed by atoms with Crippen LogP contribution in [0.3, 0.4) is 0 Å². The summed E-state index contributed by atoms with van der Waals surface area (Å²) in [5, 5.41) is 4.20. The summed E-state index contributed by atoms with van der Waals surface area (Å²) in [6.45, 7) is 9.47. The van der Waals surface area contributed by atoms with Crippen LogP contribution in [0.2, 0.25) is 0 Å². The van der Waals surface area contributed by atoms with Crippen molar-refractivity contribution in [2.24, 2.45) is 14.1 Å². The van der Waals surface area contributed by atoms with E-state index in [1.165, 1.54) is 11.4 Å². The maximum atomic E-state index is 5.41. The van der Waals surface area contributed by atoms with Crippen LogP contribution in [0.5, 0.6) is 0 Å². The Kier molecular flexibility index (Phi) is 4.79. The maximum absolute atomic E-state index is 5.41. The average molecular weight is 342 g/mol. The third-order valence-corrected chi connectivity index (χ3v) is 4.72. The number of aryl methyl sites for hydroxylation is 3. The molecule has 0 spiro atoms. The van der Waals surface area contributed by atoms with Gasteiger partial charge < -0.3 is 9.09 Å². The minimum Gasteiger partial charge on any atom is -0.361 e. The van der Waals surface area contributed by atoms with Crippen molar-refractivity contribution in [2.75, 3.05) is 0 Å². The van der Waals surface area contributed by atoms with Gasteiger partial charge in [-0.25, -0.2) is 14.1 Å². The number of hydrogen-bond acceptors (Lipinski definition) is 3. The van der Waals surface area contributed by atoms with Gasteiger partial charge in [0, 0.05) is 30.6 Å². The summed E-state index contributed by atoms with van der Waals surface area (Å²) in [5.74, 6) is 1.70. The van der Waals surface area contributed by atoms with Crippen LogP contribution in [0.4, 0.5) is 0 Å². The van der Waals surface area contributed by atoms with E-state index in [9.17, 15) is 0 Å². The number of imidazole rings is 2. The van der Waals surface area contributed by atoms with E-state index in [1.807, 2.05) is 6.33 Å². The summed E-state index contributed by atoms with van der Waals surface area (Å²) >= 11 is 0. The molecular formula is C19H28N5O+. The minimum absolute atomic E-state index is 0.364. The first kappa shape index (κ1) is 17.5. The Morgan fingerprint density at radius 2 is 1.96 bits per heavy atom. The fourth-order valence-corrected chi connectivity index (χ4v) is 3.42. The molecule has 0 radical (unpaired) electrons. The molecule has 0 fully saturated rings. The molecule has 1 unspecified atom stereocenters. The monoisotopic (exact) mass is 342 g/mol. The zero-order valence-corrected chi connectivity index (χ0v) is 16.0. The molecule has 3 aromatic heterocycles. The van der Waals surface area contributed by atoms with Crippen LogP contribution in [0.15, 0.2) is 29.4 Å². The first-order valence-corrected chi connectivity index (χ1v) is 8.82. The molecule has 3 aromatic rings. The molecule has 3 heterocycles. The lowest BCUT2D eigenvalue weighted by molar-refractivity contribution is -0.699. The predicted molar refractivity (Wildman–Crippen MR) is 95.4 cm³/mol. The molecule has 0 aliphatic heterocycles. The highest BCUT2D eigenvalue weighted by Gasteiger charge is 2.19. The molecule has 1 atom stereocenters. The fourth-order valence-electron chi connectivity index (χ4n) is 3.42. The Labute approximate surface area is 149 Å². The second-order valence-corrected chi connectivity index (χ2v) is 7.32. The van der Waals surface area contributed by atoms with Crippen molar-refractivity contribution in [1.29, 1.82) is 0 Å². The van der Waals surface area contributed by atoms with E-state index < -0.39 is 0 Å². The molecule has 6 heteroatoms. The SMILES string of the molecule is Cc1ncn(C)c1C(C)C[n+]1cc(Cc2cc(C(C)C)on2)n(C)c1. The zero-order valence-electron chi connectivity index (χ0n) is 16.0. The van der Waals surface area contributed by atoms with Gasteiger partial charge in [-0.3, -0.25) is 0 Å². The standard InChI is InChI=1S/C19H28N5O/c1-13(2)18-8-16(21-25-18)7-17-10-24(12-23(17)6)9-14(3)19-15(4)20-11-22(19)5/h8,10-14H,7,9H2,1-6H3/q+1. The normalized spacial score (nSPS) is 12.9. The molecule has 0 N–H and O–H groups in total. The van der Waals surface area contributed by atoms with Crippen molar-refractivity contribution in [2.45, 2.75) is 52.5 Å². The second-order valence-electron chi connectivity index (χ2n) is 7.32. The molecule has 0 saturated heterocycles. The van der Waals surface area contributed by atoms with Crippen molar-refractivity contribution >= 4 is 0 Å². The third-order valence-electron chi connectivity index (χ3n) is 4.72. The van der Waals surface area contributed by atoms with Crippen LogP contribution in [0.1, 0.15) is 61.1 Å². The second kappa shape index (κ2) is 6.86. The van der Waals surface area contributed by atoms with E-state index in [0.717, 1.165) is 30.1 Å². The smallest absolute Gasteiger partial charge is 0.243 e. The summed E-state index contributed by atoms with van der Waals surface area (Å²) in [6, 6.07) is 2.06. The van der Waals surface area contributed by atoms with E-state index in [1.54, 1.807) is 0 Å². The van der Waals surface area contributed by atoms with Gasteiger partial charge in [0.25, 0.3) is 0 Å². The zero-order chi connectivity index (χ0) is 18.1. The van der Waals surface area contributed by atoms with Gasteiger partial charge in [0.05, 0.1) is 37.7 Å². The van der Waals surface area contributed by atoms with Gasteiger partial charge in [0.1, 0.15) is 17.7 Å². The highest BCUT2D eigenvalue weighted by atomic mass is 16.5. The van der Waals surface area contributed by atoms with Crippen LogP contribution < -0.4 is 4.57 Å². The minimum atomic E-state index is 0.364. The first-order chi connectivity index (χ1) is 11.8. The van der Waals surface area contributed by atoms with E-state index >= 15 is 0 Å². The molecule has 0 saturated carbocycles. The lowest BCUT2D eigenvalue weighted by atomic mass is 10.1. The lowest BCUT2D eigenvalue weighted by Crippen LogP contribution is -2.34. The maximum Gasteiger partial charge on any atom is 0.243 e. The Morgan fingerprint density at radius 3 is 2.56 bits per heavy atom. The predicted octanol–water partition coefficient (Wildman–Crippen LogP) is 2.86. The van der Waals surface area contributed by atoms with Crippen molar-refractivity contribution in [3.8, 4) is 0 Å². The molecule has 134 valence electrons. The summed E-state index contributed by atoms with van der Waals surface area (Å²) in [5.41, 5.74) is 4.59. The van der Waals surface area contributed by atoms with Gasteiger partial charge in [-0.2, -0.15) is 0 Å². The van der Waals surface area contributed by atoms with Gasteiger partial charge in [-0.1, -0.05) is 25.9 Å². The molecule has 25 heavy (non-hydrogen) atoms. The lowest BCUT2D eigenvalue weighted by Gasteiger charge is -2.11. The fraction of sp³-hybridized carbons (Fsp3) is 0.526. The Balaban J connectivity index is 1.73. The number of rotatable bonds is 6. The average Bonchev–Trinajstić information content (AvgIpc) is 3.21. The Hall–Kier alpha value is -2.37. The molecule has 6 nitrogen and oxygen atoms in total. The molecule has 0 aliphatic rings. The summed E-state index contributed by atoms with van der Waals surface area (Å²) < 4.78 is 11.9. The van der Waals surface area contributed by atoms with Gasteiger partial charge in [0.2, 0.25) is 6.33 Å². The molecule has 0 aromatic carbocycles. The highest BCUT2D eigenvalue weighted by molar-refractivity contribution is 5.16. The van der Waals surface area contributed by atoms with Crippen molar-refractivity contribution < 1.29 is 9.09 Å². The number of hydrogen-bond donors (Lipinski definition) is 0.